The van der Waals surface area contributed by atoms with Crippen molar-refractivity contribution in [3.63, 3.8) is 0 Å². The van der Waals surface area contributed by atoms with E-state index in [2.05, 4.69) is 15.5 Å². The van der Waals surface area contributed by atoms with Gasteiger partial charge in [-0.25, -0.2) is 0 Å². The number of aryl methyl sites for hydroxylation is 1. The molecule has 2 N–H and O–H groups in total. The van der Waals surface area contributed by atoms with Crippen molar-refractivity contribution < 1.29 is 24.2 Å². The first-order valence-corrected chi connectivity index (χ1v) is 8.91. The molecule has 3 aromatic rings. The molecule has 1 aliphatic rings. The number of hydrogen-bond acceptors (Lipinski definition) is 6. The van der Waals surface area contributed by atoms with Crippen molar-refractivity contribution in [3.05, 3.63) is 48.5 Å². The van der Waals surface area contributed by atoms with Gasteiger partial charge in [0, 0.05) is 12.4 Å². The van der Waals surface area contributed by atoms with Crippen molar-refractivity contribution in [2.24, 2.45) is 17.3 Å². The summed E-state index contributed by atoms with van der Waals surface area (Å²) in [7, 11) is 1.68. The number of aromatic hydroxyl groups is 1. The summed E-state index contributed by atoms with van der Waals surface area (Å²) in [4.78, 5) is 24.3. The van der Waals surface area contributed by atoms with Gasteiger partial charge in [0.05, 0.1) is 5.52 Å². The van der Waals surface area contributed by atoms with E-state index < -0.39 is 17.9 Å². The molecule has 0 bridgehead atoms. The second kappa shape index (κ2) is 7.63. The van der Waals surface area contributed by atoms with E-state index in [0.29, 0.717) is 16.9 Å². The standard InChI is InChI=1S/C20H18N4O5/c1-24-13-7-3-2-6-12(13)18(20(24)27)23-22-17(25)10-21-19(26)16-11-28-14-8-4-5-9-15(14)29-16/h2-9,16,27H,10-11H2,1H3,(H,21,26). The summed E-state index contributed by atoms with van der Waals surface area (Å²) in [6.45, 7) is -0.308. The molecule has 4 rings (SSSR count). The summed E-state index contributed by atoms with van der Waals surface area (Å²) < 4.78 is 12.6. The van der Waals surface area contributed by atoms with Crippen LogP contribution in [0.4, 0.5) is 5.69 Å². The number of hydrogen-bond donors (Lipinski definition) is 2. The second-order valence-electron chi connectivity index (χ2n) is 6.42. The van der Waals surface area contributed by atoms with E-state index in [9.17, 15) is 14.7 Å². The Morgan fingerprint density at radius 1 is 1.17 bits per heavy atom. The zero-order valence-corrected chi connectivity index (χ0v) is 15.5. The minimum absolute atomic E-state index is 0.0441. The van der Waals surface area contributed by atoms with Crippen molar-refractivity contribution in [2.75, 3.05) is 13.2 Å². The van der Waals surface area contributed by atoms with Crippen LogP contribution >= 0.6 is 0 Å². The molecular formula is C20H18N4O5. The van der Waals surface area contributed by atoms with Gasteiger partial charge in [-0.3, -0.25) is 9.59 Å². The van der Waals surface area contributed by atoms with Crippen LogP contribution in [0.15, 0.2) is 58.8 Å². The average Bonchev–Trinajstić information content (AvgIpc) is 3.00. The molecular weight excluding hydrogens is 376 g/mol. The molecule has 148 valence electrons. The minimum atomic E-state index is -0.864. The van der Waals surface area contributed by atoms with Gasteiger partial charge in [-0.05, 0) is 18.2 Å². The molecule has 2 heterocycles. The van der Waals surface area contributed by atoms with E-state index in [-0.39, 0.29) is 24.7 Å². The molecule has 29 heavy (non-hydrogen) atoms. The number of carbonyl (C=O) groups is 2. The lowest BCUT2D eigenvalue weighted by Crippen LogP contribution is -2.45. The van der Waals surface area contributed by atoms with Crippen molar-refractivity contribution in [2.45, 2.75) is 6.10 Å². The summed E-state index contributed by atoms with van der Waals surface area (Å²) in [5, 5.41) is 20.8. The lowest BCUT2D eigenvalue weighted by molar-refractivity contribution is -0.132. The Labute approximate surface area is 165 Å². The zero-order chi connectivity index (χ0) is 20.4. The molecule has 0 aliphatic carbocycles. The van der Waals surface area contributed by atoms with E-state index in [0.717, 1.165) is 5.52 Å². The number of nitrogens with zero attached hydrogens (tertiary/aromatic N) is 3. The smallest absolute Gasteiger partial charge is 0.283 e. The van der Waals surface area contributed by atoms with E-state index in [1.54, 1.807) is 48.0 Å². The van der Waals surface area contributed by atoms with E-state index >= 15 is 0 Å². The first-order valence-electron chi connectivity index (χ1n) is 8.91. The number of ether oxygens (including phenoxy) is 2. The monoisotopic (exact) mass is 394 g/mol. The highest BCUT2D eigenvalue weighted by Crippen LogP contribution is 2.37. The second-order valence-corrected chi connectivity index (χ2v) is 6.42. The first kappa shape index (κ1) is 18.5. The average molecular weight is 394 g/mol. The Morgan fingerprint density at radius 2 is 1.90 bits per heavy atom. The molecule has 2 aromatic carbocycles. The molecule has 0 radical (unpaired) electrons. The maximum atomic E-state index is 12.2. The minimum Gasteiger partial charge on any atom is -0.493 e. The van der Waals surface area contributed by atoms with Gasteiger partial charge in [0.2, 0.25) is 12.0 Å². The number of benzene rings is 2. The van der Waals surface area contributed by atoms with Crippen molar-refractivity contribution in [1.82, 2.24) is 9.88 Å². The van der Waals surface area contributed by atoms with E-state index in [4.69, 9.17) is 9.47 Å². The third-order valence-electron chi connectivity index (χ3n) is 4.53. The van der Waals surface area contributed by atoms with Gasteiger partial charge in [0.25, 0.3) is 11.8 Å². The molecule has 9 nitrogen and oxygen atoms in total. The predicted octanol–water partition coefficient (Wildman–Crippen LogP) is 2.45. The molecule has 1 aromatic heterocycles. The molecule has 1 aliphatic heterocycles. The van der Waals surface area contributed by atoms with Crippen LogP contribution in [-0.2, 0) is 16.6 Å². The highest BCUT2D eigenvalue weighted by Gasteiger charge is 2.27. The Bertz CT molecular complexity index is 1120. The summed E-state index contributed by atoms with van der Waals surface area (Å²) in [5.74, 6) is -0.218. The summed E-state index contributed by atoms with van der Waals surface area (Å²) >= 11 is 0. The predicted molar refractivity (Wildman–Crippen MR) is 103 cm³/mol. The normalized spacial score (nSPS) is 15.6. The number of carbonyl (C=O) groups excluding carboxylic acids is 2. The van der Waals surface area contributed by atoms with Crippen LogP contribution in [0.5, 0.6) is 17.4 Å². The SMILES string of the molecule is Cn1c(O)c(N=NC(=O)CNC(=O)C2COc3ccccc3O2)c2ccccc21. The Kier molecular flexibility index (Phi) is 4.86. The quantitative estimate of drug-likeness (QED) is 0.660. The molecule has 1 unspecified atom stereocenters. The van der Waals surface area contributed by atoms with Gasteiger partial charge < -0.3 is 24.5 Å². The van der Waals surface area contributed by atoms with E-state index in [1.807, 2.05) is 12.1 Å². The van der Waals surface area contributed by atoms with Gasteiger partial charge >= 0.3 is 0 Å². The number of para-hydroxylation sites is 3. The van der Waals surface area contributed by atoms with Crippen molar-refractivity contribution in [1.29, 1.82) is 0 Å². The molecule has 0 saturated heterocycles. The molecule has 2 amide bonds. The van der Waals surface area contributed by atoms with Crippen LogP contribution in [0.1, 0.15) is 0 Å². The maximum Gasteiger partial charge on any atom is 0.283 e. The number of amides is 2. The molecule has 1 atom stereocenters. The van der Waals surface area contributed by atoms with Crippen LogP contribution in [0.2, 0.25) is 0 Å². The fourth-order valence-corrected chi connectivity index (χ4v) is 3.02. The fourth-order valence-electron chi connectivity index (χ4n) is 3.02. The van der Waals surface area contributed by atoms with Gasteiger partial charge in [-0.1, -0.05) is 30.3 Å². The van der Waals surface area contributed by atoms with Crippen LogP contribution < -0.4 is 14.8 Å². The van der Waals surface area contributed by atoms with Crippen molar-refractivity contribution in [3.8, 4) is 17.4 Å². The fraction of sp³-hybridized carbons (Fsp3) is 0.200. The third kappa shape index (κ3) is 3.62. The van der Waals surface area contributed by atoms with Crippen LogP contribution in [0.3, 0.4) is 0 Å². The van der Waals surface area contributed by atoms with Gasteiger partial charge in [0.1, 0.15) is 13.2 Å². The Balaban J connectivity index is 1.37. The molecule has 0 saturated carbocycles. The number of rotatable bonds is 4. The third-order valence-corrected chi connectivity index (χ3v) is 4.53. The number of fused-ring (bicyclic) bond motifs is 2. The highest BCUT2D eigenvalue weighted by atomic mass is 16.6. The topological polar surface area (TPSA) is 115 Å². The Hall–Kier alpha value is -3.88. The number of nitrogens with one attached hydrogen (secondary N) is 1. The summed E-state index contributed by atoms with van der Waals surface area (Å²) in [6.07, 6.45) is -0.864. The highest BCUT2D eigenvalue weighted by molar-refractivity contribution is 5.95. The molecule has 0 fully saturated rings. The van der Waals surface area contributed by atoms with Gasteiger partial charge in [0.15, 0.2) is 17.2 Å². The lowest BCUT2D eigenvalue weighted by Gasteiger charge is -2.25. The van der Waals surface area contributed by atoms with Gasteiger partial charge in [-0.15, -0.1) is 10.2 Å². The maximum absolute atomic E-state index is 12.2. The van der Waals surface area contributed by atoms with Crippen LogP contribution in [0, 0.1) is 0 Å². The number of azo groups is 1. The largest absolute Gasteiger partial charge is 0.493 e. The molecule has 9 heteroatoms. The Morgan fingerprint density at radius 3 is 2.72 bits per heavy atom. The zero-order valence-electron chi connectivity index (χ0n) is 15.5. The summed E-state index contributed by atoms with van der Waals surface area (Å²) in [6, 6.07) is 14.2. The van der Waals surface area contributed by atoms with Crippen molar-refractivity contribution >= 4 is 28.4 Å². The van der Waals surface area contributed by atoms with E-state index in [1.165, 1.54) is 0 Å². The molecule has 0 spiro atoms. The summed E-state index contributed by atoms with van der Waals surface area (Å²) in [5.41, 5.74) is 0.956. The van der Waals surface area contributed by atoms with Crippen LogP contribution in [0.25, 0.3) is 10.9 Å². The van der Waals surface area contributed by atoms with Crippen LogP contribution in [-0.4, -0.2) is 40.7 Å². The lowest BCUT2D eigenvalue weighted by atomic mass is 10.2. The van der Waals surface area contributed by atoms with Gasteiger partial charge in [-0.2, -0.15) is 0 Å². The number of aromatic nitrogens is 1. The first-order chi connectivity index (χ1) is 14.0.